The molecule has 0 fully saturated rings. The first-order chi connectivity index (χ1) is 8.70. The third kappa shape index (κ3) is 2.66. The molecule has 0 aliphatic heterocycles. The number of nitrogens with zero attached hydrogens (tertiary/aromatic N) is 2. The van der Waals surface area contributed by atoms with Crippen molar-refractivity contribution in [3.63, 3.8) is 0 Å². The Labute approximate surface area is 106 Å². The maximum absolute atomic E-state index is 5.67. The number of hydrogen-bond donors (Lipinski definition) is 1. The Morgan fingerprint density at radius 1 is 1.39 bits per heavy atom. The summed E-state index contributed by atoms with van der Waals surface area (Å²) < 4.78 is 5.50. The van der Waals surface area contributed by atoms with E-state index in [2.05, 4.69) is 16.5 Å². The molecule has 0 unspecified atom stereocenters. The summed E-state index contributed by atoms with van der Waals surface area (Å²) in [6, 6.07) is 7.46. The number of aromatic nitrogens is 2. The van der Waals surface area contributed by atoms with Crippen LogP contribution in [-0.4, -0.2) is 16.6 Å². The van der Waals surface area contributed by atoms with Crippen LogP contribution >= 0.6 is 0 Å². The Kier molecular flexibility index (Phi) is 3.57. The number of anilines is 1. The number of benzene rings is 1. The van der Waals surface area contributed by atoms with E-state index in [4.69, 9.17) is 10.5 Å². The molecule has 1 heterocycles. The zero-order valence-electron chi connectivity index (χ0n) is 10.3. The standard InChI is InChI=1S/C14H15N3O/c1-3-8-18-11-5-4-10(2)12(9-11)14-16-7-6-13(15)17-14/h3-7,9H,1,8H2,2H3,(H2,15,16,17). The molecule has 0 aliphatic carbocycles. The van der Waals surface area contributed by atoms with Gasteiger partial charge in [-0.05, 0) is 30.7 Å². The maximum Gasteiger partial charge on any atom is 0.161 e. The van der Waals surface area contributed by atoms with Crippen LogP contribution in [0.2, 0.25) is 0 Å². The van der Waals surface area contributed by atoms with Crippen molar-refractivity contribution >= 4 is 5.82 Å². The topological polar surface area (TPSA) is 61.0 Å². The van der Waals surface area contributed by atoms with E-state index >= 15 is 0 Å². The number of aryl methyl sites for hydroxylation is 1. The van der Waals surface area contributed by atoms with Gasteiger partial charge in [-0.3, -0.25) is 0 Å². The van der Waals surface area contributed by atoms with Crippen molar-refractivity contribution in [2.45, 2.75) is 6.92 Å². The molecule has 1 aromatic carbocycles. The molecule has 0 aliphatic rings. The Bertz CT molecular complexity index is 567. The highest BCUT2D eigenvalue weighted by atomic mass is 16.5. The monoisotopic (exact) mass is 241 g/mol. The lowest BCUT2D eigenvalue weighted by Gasteiger charge is -2.08. The van der Waals surface area contributed by atoms with Gasteiger partial charge in [-0.25, -0.2) is 9.97 Å². The van der Waals surface area contributed by atoms with Gasteiger partial charge >= 0.3 is 0 Å². The van der Waals surface area contributed by atoms with Gasteiger partial charge in [0.2, 0.25) is 0 Å². The summed E-state index contributed by atoms with van der Waals surface area (Å²) in [5, 5.41) is 0. The van der Waals surface area contributed by atoms with Crippen molar-refractivity contribution in [1.29, 1.82) is 0 Å². The van der Waals surface area contributed by atoms with Crippen LogP contribution in [0.3, 0.4) is 0 Å². The van der Waals surface area contributed by atoms with Crippen LogP contribution < -0.4 is 10.5 Å². The molecular formula is C14H15N3O. The first-order valence-electron chi connectivity index (χ1n) is 5.64. The molecule has 0 atom stereocenters. The van der Waals surface area contributed by atoms with Crippen molar-refractivity contribution < 1.29 is 4.74 Å². The van der Waals surface area contributed by atoms with Crippen LogP contribution in [0.15, 0.2) is 43.1 Å². The Hall–Kier alpha value is -2.36. The summed E-state index contributed by atoms with van der Waals surface area (Å²) in [5.74, 6) is 1.83. The molecule has 0 spiro atoms. The molecule has 1 aromatic heterocycles. The Balaban J connectivity index is 2.39. The summed E-state index contributed by atoms with van der Waals surface area (Å²) in [6.07, 6.45) is 3.35. The molecule has 0 saturated carbocycles. The minimum absolute atomic E-state index is 0.455. The number of rotatable bonds is 4. The second-order valence-electron chi connectivity index (χ2n) is 3.88. The molecule has 2 aromatic rings. The van der Waals surface area contributed by atoms with Gasteiger partial charge in [-0.15, -0.1) is 0 Å². The number of nitrogen functional groups attached to an aromatic ring is 1. The van der Waals surface area contributed by atoms with Gasteiger partial charge in [0, 0.05) is 11.8 Å². The fourth-order valence-corrected chi connectivity index (χ4v) is 1.59. The van der Waals surface area contributed by atoms with Crippen LogP contribution in [-0.2, 0) is 0 Å². The van der Waals surface area contributed by atoms with Crippen LogP contribution in [0.1, 0.15) is 5.56 Å². The molecule has 2 N–H and O–H groups in total. The largest absolute Gasteiger partial charge is 0.490 e. The van der Waals surface area contributed by atoms with E-state index in [0.29, 0.717) is 18.2 Å². The first-order valence-corrected chi connectivity index (χ1v) is 5.64. The molecule has 4 nitrogen and oxygen atoms in total. The van der Waals surface area contributed by atoms with Gasteiger partial charge in [-0.2, -0.15) is 0 Å². The van der Waals surface area contributed by atoms with E-state index in [0.717, 1.165) is 16.9 Å². The molecule has 92 valence electrons. The van der Waals surface area contributed by atoms with Crippen molar-refractivity contribution in [3.05, 3.63) is 48.7 Å². The van der Waals surface area contributed by atoms with E-state index in [1.165, 1.54) is 0 Å². The second-order valence-corrected chi connectivity index (χ2v) is 3.88. The summed E-state index contributed by atoms with van der Waals surface area (Å²) in [4.78, 5) is 8.44. The predicted molar refractivity (Wildman–Crippen MR) is 72.3 cm³/mol. The van der Waals surface area contributed by atoms with Crippen LogP contribution in [0.25, 0.3) is 11.4 Å². The minimum Gasteiger partial charge on any atom is -0.490 e. The fourth-order valence-electron chi connectivity index (χ4n) is 1.59. The SMILES string of the molecule is C=CCOc1ccc(C)c(-c2nccc(N)n2)c1. The molecular weight excluding hydrogens is 226 g/mol. The smallest absolute Gasteiger partial charge is 0.161 e. The van der Waals surface area contributed by atoms with Gasteiger partial charge in [0.15, 0.2) is 5.82 Å². The van der Waals surface area contributed by atoms with E-state index in [9.17, 15) is 0 Å². The molecule has 4 heteroatoms. The van der Waals surface area contributed by atoms with Crippen molar-refractivity contribution in [2.24, 2.45) is 0 Å². The zero-order chi connectivity index (χ0) is 13.0. The molecule has 0 saturated heterocycles. The average Bonchev–Trinajstić information content (AvgIpc) is 2.38. The molecule has 0 radical (unpaired) electrons. The molecule has 0 amide bonds. The summed E-state index contributed by atoms with van der Waals surface area (Å²) in [7, 11) is 0. The molecule has 0 bridgehead atoms. The Morgan fingerprint density at radius 2 is 2.22 bits per heavy atom. The minimum atomic E-state index is 0.455. The van der Waals surface area contributed by atoms with Gasteiger partial charge in [-0.1, -0.05) is 18.7 Å². The predicted octanol–water partition coefficient (Wildman–Crippen LogP) is 2.60. The highest BCUT2D eigenvalue weighted by molar-refractivity contribution is 5.63. The zero-order valence-corrected chi connectivity index (χ0v) is 10.3. The average molecular weight is 241 g/mol. The lowest BCUT2D eigenvalue weighted by molar-refractivity contribution is 0.363. The van der Waals surface area contributed by atoms with E-state index < -0.39 is 0 Å². The first kappa shape index (κ1) is 12.1. The van der Waals surface area contributed by atoms with Crippen molar-refractivity contribution in [3.8, 4) is 17.1 Å². The van der Waals surface area contributed by atoms with E-state index in [1.807, 2.05) is 25.1 Å². The van der Waals surface area contributed by atoms with Crippen molar-refractivity contribution in [1.82, 2.24) is 9.97 Å². The van der Waals surface area contributed by atoms with E-state index in [1.54, 1.807) is 18.3 Å². The highest BCUT2D eigenvalue weighted by Crippen LogP contribution is 2.25. The second kappa shape index (κ2) is 5.31. The number of nitrogens with two attached hydrogens (primary N) is 1. The lowest BCUT2D eigenvalue weighted by atomic mass is 10.1. The molecule has 18 heavy (non-hydrogen) atoms. The van der Waals surface area contributed by atoms with Gasteiger partial charge < -0.3 is 10.5 Å². The third-order valence-electron chi connectivity index (χ3n) is 2.49. The molecule has 2 rings (SSSR count). The summed E-state index contributed by atoms with van der Waals surface area (Å²) in [5.41, 5.74) is 7.66. The Morgan fingerprint density at radius 3 is 2.94 bits per heavy atom. The van der Waals surface area contributed by atoms with Crippen molar-refractivity contribution in [2.75, 3.05) is 12.3 Å². The third-order valence-corrected chi connectivity index (χ3v) is 2.49. The number of ether oxygens (including phenoxy) is 1. The maximum atomic E-state index is 5.67. The van der Waals surface area contributed by atoms with E-state index in [-0.39, 0.29) is 0 Å². The van der Waals surface area contributed by atoms with Crippen LogP contribution in [0.5, 0.6) is 5.75 Å². The fraction of sp³-hybridized carbons (Fsp3) is 0.143. The normalized spacial score (nSPS) is 10.1. The summed E-state index contributed by atoms with van der Waals surface area (Å²) in [6.45, 7) is 6.09. The number of hydrogen-bond acceptors (Lipinski definition) is 4. The lowest BCUT2D eigenvalue weighted by Crippen LogP contribution is -1.98. The van der Waals surface area contributed by atoms with Crippen LogP contribution in [0, 0.1) is 6.92 Å². The highest BCUT2D eigenvalue weighted by Gasteiger charge is 2.07. The quantitative estimate of drug-likeness (QED) is 0.836. The van der Waals surface area contributed by atoms with Gasteiger partial charge in [0.1, 0.15) is 18.2 Å². The summed E-state index contributed by atoms with van der Waals surface area (Å²) >= 11 is 0. The van der Waals surface area contributed by atoms with Gasteiger partial charge in [0.05, 0.1) is 0 Å². The van der Waals surface area contributed by atoms with Gasteiger partial charge in [0.25, 0.3) is 0 Å². The van der Waals surface area contributed by atoms with Crippen LogP contribution in [0.4, 0.5) is 5.82 Å².